The van der Waals surface area contributed by atoms with E-state index in [1.807, 2.05) is 29.1 Å². The molecule has 240 valence electrons. The Bertz CT molecular complexity index is 1860. The number of carbonyl (C=O) groups is 2. The fraction of sp³-hybridized carbons (Fsp3) is 0.394. The van der Waals surface area contributed by atoms with Gasteiger partial charge in [0, 0.05) is 79.3 Å². The van der Waals surface area contributed by atoms with Crippen LogP contribution >= 0.6 is 11.3 Å². The number of aromatic nitrogens is 3. The highest BCUT2D eigenvalue weighted by atomic mass is 32.1. The van der Waals surface area contributed by atoms with Crippen molar-refractivity contribution in [1.29, 1.82) is 0 Å². The van der Waals surface area contributed by atoms with E-state index in [1.165, 1.54) is 37.5 Å². The largest absolute Gasteiger partial charge is 0.490 e. The van der Waals surface area contributed by atoms with Gasteiger partial charge in [0.25, 0.3) is 0 Å². The van der Waals surface area contributed by atoms with Crippen molar-refractivity contribution in [2.45, 2.75) is 32.5 Å². The molecule has 3 aromatic heterocycles. The predicted molar refractivity (Wildman–Crippen MR) is 171 cm³/mol. The number of rotatable bonds is 9. The lowest BCUT2D eigenvalue weighted by Crippen LogP contribution is -2.40. The van der Waals surface area contributed by atoms with Crippen molar-refractivity contribution in [3.63, 3.8) is 0 Å². The summed E-state index contributed by atoms with van der Waals surface area (Å²) in [5.74, 6) is -0.300. The molecule has 1 aromatic carbocycles. The molecule has 2 unspecified atom stereocenters. The van der Waals surface area contributed by atoms with Crippen LogP contribution < -0.4 is 15.0 Å². The third-order valence-corrected chi connectivity index (χ3v) is 10.2. The van der Waals surface area contributed by atoms with Gasteiger partial charge in [-0.15, -0.1) is 11.3 Å². The highest BCUT2D eigenvalue weighted by Gasteiger charge is 2.56. The van der Waals surface area contributed by atoms with Gasteiger partial charge in [-0.05, 0) is 30.5 Å². The number of piperidine rings is 1. The predicted octanol–water partition coefficient (Wildman–Crippen LogP) is 4.79. The maximum atomic E-state index is 16.0. The van der Waals surface area contributed by atoms with E-state index in [0.717, 1.165) is 40.8 Å². The molecule has 3 aliphatic rings. The average Bonchev–Trinajstić information content (AvgIpc) is 3.51. The molecule has 5 heterocycles. The van der Waals surface area contributed by atoms with E-state index in [-0.39, 0.29) is 48.4 Å². The van der Waals surface area contributed by atoms with E-state index in [0.29, 0.717) is 41.9 Å². The highest BCUT2D eigenvalue weighted by Crippen LogP contribution is 2.51. The summed E-state index contributed by atoms with van der Waals surface area (Å²) in [5.41, 5.74) is 2.31. The summed E-state index contributed by atoms with van der Waals surface area (Å²) in [6.07, 6.45) is 1.31. The minimum Gasteiger partial charge on any atom is -0.490 e. The summed E-state index contributed by atoms with van der Waals surface area (Å²) in [4.78, 5) is 33.4. The monoisotopic (exact) mass is 648 g/mol. The van der Waals surface area contributed by atoms with Gasteiger partial charge in [-0.25, -0.2) is 13.8 Å². The molecule has 13 heteroatoms. The molecule has 1 aliphatic carbocycles. The number of nitrogens with zero attached hydrogens (tertiary/aromatic N) is 5. The highest BCUT2D eigenvalue weighted by molar-refractivity contribution is 7.18. The van der Waals surface area contributed by atoms with E-state index in [9.17, 15) is 14.0 Å². The van der Waals surface area contributed by atoms with E-state index < -0.39 is 11.6 Å². The second kappa shape index (κ2) is 11.8. The smallest absolute Gasteiger partial charge is 0.246 e. The average molecular weight is 649 g/mol. The minimum atomic E-state index is -0.779. The third-order valence-electron chi connectivity index (χ3n) is 9.22. The number of thiophene rings is 1. The number of nitrogens with one attached hydrogen (secondary N) is 1. The van der Waals surface area contributed by atoms with Gasteiger partial charge in [0.1, 0.15) is 41.2 Å². The number of anilines is 1. The Morgan fingerprint density at radius 3 is 2.65 bits per heavy atom. The fourth-order valence-electron chi connectivity index (χ4n) is 6.99. The summed E-state index contributed by atoms with van der Waals surface area (Å²) in [7, 11) is 1.53. The zero-order valence-corrected chi connectivity index (χ0v) is 26.6. The molecule has 0 radical (unpaired) electrons. The summed E-state index contributed by atoms with van der Waals surface area (Å²) < 4.78 is 44.3. The van der Waals surface area contributed by atoms with E-state index in [2.05, 4.69) is 16.8 Å². The molecule has 0 spiro atoms. The van der Waals surface area contributed by atoms with Gasteiger partial charge in [-0.1, -0.05) is 6.58 Å². The first-order chi connectivity index (χ1) is 22.2. The number of halogens is 2. The second-order valence-electron chi connectivity index (χ2n) is 12.0. The fourth-order valence-corrected chi connectivity index (χ4v) is 7.94. The SMILES string of the molecule is C=CC(=O)N1CCn2nc(-c3nc(N4CC5C(C4)C5NC(C)=O)c4ccsc4c3-c3c(F)cc(F)cc3OCCOC)cc2[C@H]1C. The van der Waals surface area contributed by atoms with E-state index >= 15 is 4.39 Å². The lowest BCUT2D eigenvalue weighted by molar-refractivity contribution is -0.129. The third kappa shape index (κ3) is 5.11. The number of methoxy groups -OCH3 is 1. The van der Waals surface area contributed by atoms with Crippen molar-refractivity contribution in [3.8, 4) is 28.3 Å². The molecule has 1 N–H and O–H groups in total. The van der Waals surface area contributed by atoms with Crippen LogP contribution in [0.15, 0.2) is 42.3 Å². The van der Waals surface area contributed by atoms with Crippen molar-refractivity contribution in [1.82, 2.24) is 25.0 Å². The number of hydrogen-bond donors (Lipinski definition) is 1. The number of carbonyl (C=O) groups excluding carboxylic acids is 2. The van der Waals surface area contributed by atoms with Crippen LogP contribution in [0, 0.1) is 23.5 Å². The van der Waals surface area contributed by atoms with Gasteiger partial charge >= 0.3 is 0 Å². The van der Waals surface area contributed by atoms with E-state index in [4.69, 9.17) is 19.6 Å². The van der Waals surface area contributed by atoms with Gasteiger partial charge in [-0.3, -0.25) is 14.3 Å². The summed E-state index contributed by atoms with van der Waals surface area (Å²) in [6.45, 7) is 9.81. The van der Waals surface area contributed by atoms with Gasteiger partial charge in [0.05, 0.1) is 30.5 Å². The molecule has 7 rings (SSSR count). The van der Waals surface area contributed by atoms with Crippen LogP contribution in [0.5, 0.6) is 5.75 Å². The van der Waals surface area contributed by atoms with Crippen molar-refractivity contribution in [2.75, 3.05) is 44.9 Å². The molecule has 46 heavy (non-hydrogen) atoms. The lowest BCUT2D eigenvalue weighted by atomic mass is 9.98. The Balaban J connectivity index is 1.40. The molecular weight excluding hydrogens is 614 g/mol. The molecular formula is C33H34F2N6O4S. The molecule has 3 atom stereocenters. The van der Waals surface area contributed by atoms with Crippen LogP contribution in [0.4, 0.5) is 14.6 Å². The Morgan fingerprint density at radius 2 is 1.93 bits per heavy atom. The molecule has 0 bridgehead atoms. The maximum Gasteiger partial charge on any atom is 0.246 e. The van der Waals surface area contributed by atoms with E-state index in [1.54, 1.807) is 4.90 Å². The van der Waals surface area contributed by atoms with Crippen LogP contribution in [0.2, 0.25) is 0 Å². The Kier molecular flexibility index (Phi) is 7.76. The van der Waals surface area contributed by atoms with Crippen molar-refractivity contribution < 1.29 is 27.8 Å². The quantitative estimate of drug-likeness (QED) is 0.206. The van der Waals surface area contributed by atoms with Crippen LogP contribution in [-0.4, -0.2) is 77.5 Å². The van der Waals surface area contributed by atoms with Crippen LogP contribution in [0.25, 0.3) is 32.6 Å². The number of fused-ring (bicyclic) bond motifs is 3. The second-order valence-corrected chi connectivity index (χ2v) is 12.9. The standard InChI is InChI=1S/C33H34F2N6O4S/c1-5-27(43)40-7-8-41-25(17(40)2)14-24(38-41)31-29(28-23(35)12-19(34)13-26(28)45-10-9-44-4)32-20(6-11-46-32)33(37-31)39-15-21-22(16-39)30(21)36-18(3)42/h5-6,11-14,17,21-22,30H,1,7-10,15-16H2,2-4H3,(H,36,42)/t17-,21?,22?,30?/m1/s1. The van der Waals surface area contributed by atoms with Gasteiger partial charge in [0.2, 0.25) is 11.8 Å². The minimum absolute atomic E-state index is 0.0351. The van der Waals surface area contributed by atoms with Crippen molar-refractivity contribution in [2.24, 2.45) is 11.8 Å². The number of hydrogen-bond acceptors (Lipinski definition) is 8. The number of benzene rings is 1. The summed E-state index contributed by atoms with van der Waals surface area (Å²) in [6, 6.07) is 5.78. The zero-order chi connectivity index (χ0) is 32.3. The van der Waals surface area contributed by atoms with Gasteiger partial charge in [0.15, 0.2) is 0 Å². The van der Waals surface area contributed by atoms with Crippen molar-refractivity contribution >= 4 is 39.1 Å². The Morgan fingerprint density at radius 1 is 1.15 bits per heavy atom. The lowest BCUT2D eigenvalue weighted by Gasteiger charge is -2.33. The number of ether oxygens (including phenoxy) is 2. The summed E-state index contributed by atoms with van der Waals surface area (Å²) >= 11 is 1.44. The van der Waals surface area contributed by atoms with Gasteiger partial charge < -0.3 is 24.6 Å². The molecule has 2 aliphatic heterocycles. The zero-order valence-electron chi connectivity index (χ0n) is 25.8. The molecule has 4 aromatic rings. The first-order valence-corrected chi connectivity index (χ1v) is 16.1. The maximum absolute atomic E-state index is 16.0. The first-order valence-electron chi connectivity index (χ1n) is 15.3. The molecule has 2 amide bonds. The van der Waals surface area contributed by atoms with Gasteiger partial charge in [-0.2, -0.15) is 5.10 Å². The first kappa shape index (κ1) is 30.3. The molecule has 1 saturated heterocycles. The molecule has 1 saturated carbocycles. The number of pyridine rings is 1. The van der Waals surface area contributed by atoms with Crippen LogP contribution in [0.1, 0.15) is 25.6 Å². The van der Waals surface area contributed by atoms with Crippen LogP contribution in [-0.2, 0) is 20.9 Å². The summed E-state index contributed by atoms with van der Waals surface area (Å²) in [5, 5.41) is 10.8. The Labute approximate surface area is 268 Å². The van der Waals surface area contributed by atoms with Crippen LogP contribution in [0.3, 0.4) is 0 Å². The molecule has 2 fully saturated rings. The molecule has 10 nitrogen and oxygen atoms in total. The topological polar surface area (TPSA) is 102 Å². The number of amides is 2. The Hall–Kier alpha value is -4.36. The normalized spacial score (nSPS) is 21.7. The van der Waals surface area contributed by atoms with Crippen molar-refractivity contribution in [3.05, 3.63) is 59.6 Å².